The molecule has 0 saturated heterocycles. The fourth-order valence-corrected chi connectivity index (χ4v) is 4.20. The van der Waals surface area contributed by atoms with Crippen molar-refractivity contribution < 1.29 is 9.53 Å². The normalized spacial score (nSPS) is 11.0. The quantitative estimate of drug-likeness (QED) is 0.442. The molecule has 2 N–H and O–H groups in total. The van der Waals surface area contributed by atoms with Gasteiger partial charge < -0.3 is 10.1 Å². The molecule has 9 heteroatoms. The first-order valence-corrected chi connectivity index (χ1v) is 10.2. The van der Waals surface area contributed by atoms with Crippen LogP contribution in [0.3, 0.4) is 0 Å². The Balaban J connectivity index is 1.47. The van der Waals surface area contributed by atoms with E-state index in [-0.39, 0.29) is 12.3 Å². The predicted octanol–water partition coefficient (Wildman–Crippen LogP) is 4.56. The van der Waals surface area contributed by atoms with Crippen molar-refractivity contribution in [2.45, 2.75) is 19.9 Å². The number of amides is 1. The van der Waals surface area contributed by atoms with Gasteiger partial charge in [-0.15, -0.1) is 0 Å². The van der Waals surface area contributed by atoms with Gasteiger partial charge in [-0.1, -0.05) is 23.5 Å². The lowest BCUT2D eigenvalue weighted by atomic mass is 10.2. The minimum atomic E-state index is -0.120. The second kappa shape index (κ2) is 8.14. The predicted molar refractivity (Wildman–Crippen MR) is 117 cm³/mol. The zero-order valence-corrected chi connectivity index (χ0v) is 17.6. The van der Waals surface area contributed by atoms with Crippen LogP contribution in [0.5, 0.6) is 5.75 Å². The number of benzene rings is 2. The molecule has 0 fully saturated rings. The van der Waals surface area contributed by atoms with E-state index in [1.807, 2.05) is 54.0 Å². The lowest BCUT2D eigenvalue weighted by Crippen LogP contribution is -2.15. The number of aromatic nitrogens is 4. The Kier molecular flexibility index (Phi) is 5.41. The highest BCUT2D eigenvalue weighted by Gasteiger charge is 2.13. The Morgan fingerprint density at radius 3 is 2.79 bits per heavy atom. The molecule has 0 saturated carbocycles. The number of hydrogen-bond acceptors (Lipinski definition) is 6. The summed E-state index contributed by atoms with van der Waals surface area (Å²) in [6.07, 6.45) is 0.256. The molecule has 148 valence electrons. The first kappa shape index (κ1) is 19.3. The maximum absolute atomic E-state index is 12.5. The second-order valence-electron chi connectivity index (χ2n) is 6.47. The lowest BCUT2D eigenvalue weighted by molar-refractivity contribution is -0.116. The Morgan fingerprint density at radius 1 is 1.28 bits per heavy atom. The van der Waals surface area contributed by atoms with E-state index in [0.717, 1.165) is 27.1 Å². The number of ether oxygens (including phenoxy) is 1. The van der Waals surface area contributed by atoms with Crippen LogP contribution in [0.15, 0.2) is 42.5 Å². The highest BCUT2D eigenvalue weighted by molar-refractivity contribution is 7.71. The number of H-pyrrole nitrogens is 1. The molecule has 0 spiro atoms. The number of thiazole rings is 1. The summed E-state index contributed by atoms with van der Waals surface area (Å²) < 4.78 is 8.54. The van der Waals surface area contributed by atoms with Crippen molar-refractivity contribution in [3.63, 3.8) is 0 Å². The number of methoxy groups -OCH3 is 1. The summed E-state index contributed by atoms with van der Waals surface area (Å²) in [6.45, 7) is 2.42. The zero-order valence-electron chi connectivity index (χ0n) is 15.9. The third-order valence-corrected chi connectivity index (χ3v) is 5.78. The number of aromatic amines is 1. The molecule has 7 nitrogen and oxygen atoms in total. The summed E-state index contributed by atoms with van der Waals surface area (Å²) in [5.41, 5.74) is 2.90. The van der Waals surface area contributed by atoms with E-state index >= 15 is 0 Å². The van der Waals surface area contributed by atoms with Crippen molar-refractivity contribution >= 4 is 44.8 Å². The van der Waals surface area contributed by atoms with E-state index in [1.54, 1.807) is 7.11 Å². The van der Waals surface area contributed by atoms with E-state index in [1.165, 1.54) is 11.3 Å². The molecule has 2 heterocycles. The Bertz CT molecular complexity index is 1220. The van der Waals surface area contributed by atoms with Crippen molar-refractivity contribution in [1.82, 2.24) is 19.7 Å². The molecule has 4 rings (SSSR count). The molecule has 2 aromatic carbocycles. The molecular formula is C20H19N5O2S2. The monoisotopic (exact) mass is 425 g/mol. The van der Waals surface area contributed by atoms with Gasteiger partial charge in [0.05, 0.1) is 17.3 Å². The summed E-state index contributed by atoms with van der Waals surface area (Å²) in [5.74, 6) is 1.33. The topological polar surface area (TPSA) is 84.8 Å². The summed E-state index contributed by atoms with van der Waals surface area (Å²) in [7, 11) is 1.62. The van der Waals surface area contributed by atoms with E-state index in [9.17, 15) is 4.79 Å². The number of nitrogens with zero attached hydrogens (tertiary/aromatic N) is 3. The summed E-state index contributed by atoms with van der Waals surface area (Å²) in [4.78, 5) is 17.0. The molecule has 4 aromatic rings. The fourth-order valence-electron chi connectivity index (χ4n) is 3.02. The Hall–Kier alpha value is -3.04. The number of aryl methyl sites for hydroxylation is 1. The minimum absolute atomic E-state index is 0.120. The van der Waals surface area contributed by atoms with Crippen LogP contribution in [0.2, 0.25) is 0 Å². The van der Waals surface area contributed by atoms with Crippen LogP contribution in [0, 0.1) is 11.7 Å². The van der Waals surface area contributed by atoms with Gasteiger partial charge in [-0.05, 0) is 55.0 Å². The zero-order chi connectivity index (χ0) is 20.4. The molecule has 0 atom stereocenters. The van der Waals surface area contributed by atoms with E-state index in [0.29, 0.717) is 22.3 Å². The van der Waals surface area contributed by atoms with Crippen LogP contribution in [-0.4, -0.2) is 32.8 Å². The standard InChI is InChI=1S/C20H19N5O2S2/c1-12-4-3-5-15-17(12)22-19(29-15)21-16(26)10-11-25-18(23-24-20(25)28)13-6-8-14(27-2)9-7-13/h3-9H,10-11H2,1-2H3,(H,24,28)(H,21,22,26). The number of carbonyl (C=O) groups is 1. The number of carbonyl (C=O) groups excluding carboxylic acids is 1. The third-order valence-electron chi connectivity index (χ3n) is 4.54. The van der Waals surface area contributed by atoms with Crippen LogP contribution < -0.4 is 10.1 Å². The first-order valence-electron chi connectivity index (χ1n) is 9.01. The van der Waals surface area contributed by atoms with E-state index in [4.69, 9.17) is 17.0 Å². The summed E-state index contributed by atoms with van der Waals surface area (Å²) in [5, 5.41) is 10.6. The third kappa shape index (κ3) is 4.06. The van der Waals surface area contributed by atoms with Gasteiger partial charge in [0, 0.05) is 18.5 Å². The van der Waals surface area contributed by atoms with Gasteiger partial charge in [0.1, 0.15) is 5.75 Å². The maximum atomic E-state index is 12.5. The van der Waals surface area contributed by atoms with Crippen LogP contribution in [-0.2, 0) is 11.3 Å². The first-order chi connectivity index (χ1) is 14.0. The molecule has 0 aliphatic heterocycles. The average Bonchev–Trinajstić information content (AvgIpc) is 3.30. The van der Waals surface area contributed by atoms with Crippen LogP contribution in [0.4, 0.5) is 5.13 Å². The van der Waals surface area contributed by atoms with Gasteiger partial charge >= 0.3 is 0 Å². The SMILES string of the molecule is COc1ccc(-c2n[nH]c(=S)n2CCC(=O)Nc2nc3c(C)cccc3s2)cc1. The van der Waals surface area contributed by atoms with Crippen LogP contribution in [0.25, 0.3) is 21.6 Å². The van der Waals surface area contributed by atoms with Crippen LogP contribution >= 0.6 is 23.6 Å². The van der Waals surface area contributed by atoms with Gasteiger partial charge in [-0.25, -0.2) is 4.98 Å². The van der Waals surface area contributed by atoms with E-state index in [2.05, 4.69) is 20.5 Å². The molecule has 0 radical (unpaired) electrons. The van der Waals surface area contributed by atoms with Crippen LogP contribution in [0.1, 0.15) is 12.0 Å². The number of hydrogen-bond donors (Lipinski definition) is 2. The number of nitrogens with one attached hydrogen (secondary N) is 2. The Morgan fingerprint density at radius 2 is 2.07 bits per heavy atom. The van der Waals surface area contributed by atoms with Gasteiger partial charge in [-0.3, -0.25) is 14.5 Å². The van der Waals surface area contributed by atoms with E-state index < -0.39 is 0 Å². The largest absolute Gasteiger partial charge is 0.497 e. The maximum Gasteiger partial charge on any atom is 0.227 e. The molecule has 0 unspecified atom stereocenters. The van der Waals surface area contributed by atoms with Gasteiger partial charge in [-0.2, -0.15) is 5.10 Å². The second-order valence-corrected chi connectivity index (χ2v) is 7.89. The molecule has 2 aromatic heterocycles. The number of anilines is 1. The van der Waals surface area contributed by atoms with Crippen molar-refractivity contribution in [3.8, 4) is 17.1 Å². The fraction of sp³-hybridized carbons (Fsp3) is 0.200. The van der Waals surface area contributed by atoms with Gasteiger partial charge in [0.2, 0.25) is 5.91 Å². The summed E-state index contributed by atoms with van der Waals surface area (Å²) in [6, 6.07) is 13.5. The molecular weight excluding hydrogens is 406 g/mol. The minimum Gasteiger partial charge on any atom is -0.497 e. The van der Waals surface area contributed by atoms with Crippen molar-refractivity contribution in [1.29, 1.82) is 0 Å². The Labute approximate surface area is 176 Å². The lowest BCUT2D eigenvalue weighted by Gasteiger charge is -2.07. The smallest absolute Gasteiger partial charge is 0.227 e. The van der Waals surface area contributed by atoms with Crippen molar-refractivity contribution in [2.24, 2.45) is 0 Å². The van der Waals surface area contributed by atoms with Crippen molar-refractivity contribution in [3.05, 3.63) is 52.8 Å². The number of fused-ring (bicyclic) bond motifs is 1. The molecule has 29 heavy (non-hydrogen) atoms. The van der Waals surface area contributed by atoms with Gasteiger partial charge in [0.15, 0.2) is 15.7 Å². The number of para-hydroxylation sites is 1. The molecule has 0 bridgehead atoms. The number of rotatable bonds is 6. The average molecular weight is 426 g/mol. The molecule has 1 amide bonds. The highest BCUT2D eigenvalue weighted by Crippen LogP contribution is 2.28. The highest BCUT2D eigenvalue weighted by atomic mass is 32.1. The van der Waals surface area contributed by atoms with Gasteiger partial charge in [0.25, 0.3) is 0 Å². The molecule has 0 aliphatic carbocycles. The molecule has 0 aliphatic rings. The summed E-state index contributed by atoms with van der Waals surface area (Å²) >= 11 is 6.81. The van der Waals surface area contributed by atoms with Crippen molar-refractivity contribution in [2.75, 3.05) is 12.4 Å².